The minimum absolute atomic E-state index is 0.0534. The minimum atomic E-state index is -1.26. The fourth-order valence-corrected chi connectivity index (χ4v) is 1.48. The van der Waals surface area contributed by atoms with Crippen LogP contribution in [0.2, 0.25) is 0 Å². The largest absolute Gasteiger partial charge is 0.479 e. The highest BCUT2D eigenvalue weighted by Gasteiger charge is 2.33. The maximum Gasteiger partial charge on any atom is 0.412 e. The molecule has 6 heteroatoms. The summed E-state index contributed by atoms with van der Waals surface area (Å²) < 4.78 is 18.6. The molecular weight excluding hydrogens is 227 g/mol. The van der Waals surface area contributed by atoms with Crippen LogP contribution in [0.15, 0.2) is 12.3 Å². The van der Waals surface area contributed by atoms with Crippen LogP contribution in [0.25, 0.3) is 0 Å². The molecule has 1 N–H and O–H groups in total. The number of rotatable bonds is 2. The third-order valence-corrected chi connectivity index (χ3v) is 2.12. The lowest BCUT2D eigenvalue weighted by atomic mass is 10.1. The lowest BCUT2D eigenvalue weighted by molar-refractivity contribution is 0.194. The smallest absolute Gasteiger partial charge is 0.412 e. The van der Waals surface area contributed by atoms with Crippen LogP contribution in [0, 0.1) is 5.82 Å². The van der Waals surface area contributed by atoms with Crippen LogP contribution in [0.1, 0.15) is 20.8 Å². The first-order valence-corrected chi connectivity index (χ1v) is 5.00. The average Bonchev–Trinajstić information content (AvgIpc) is 2.18. The molecule has 1 amide bonds. The monoisotopic (exact) mass is 242 g/mol. The van der Waals surface area contributed by atoms with E-state index in [2.05, 4.69) is 4.98 Å². The number of anilines is 1. The predicted octanol–water partition coefficient (Wildman–Crippen LogP) is 2.51. The Morgan fingerprint density at radius 3 is 2.53 bits per heavy atom. The van der Waals surface area contributed by atoms with Crippen LogP contribution in [0.4, 0.5) is 14.9 Å². The Balaban J connectivity index is 3.43. The van der Waals surface area contributed by atoms with Gasteiger partial charge in [-0.15, -0.1) is 0 Å². The number of aromatic nitrogens is 1. The number of hydrogen-bond acceptors (Lipinski definition) is 3. The van der Waals surface area contributed by atoms with Crippen molar-refractivity contribution in [3.8, 4) is 5.88 Å². The zero-order chi connectivity index (χ0) is 13.2. The summed E-state index contributed by atoms with van der Waals surface area (Å²) in [6, 6.07) is 1.10. The molecule has 0 aromatic carbocycles. The third kappa shape index (κ3) is 2.64. The third-order valence-electron chi connectivity index (χ3n) is 2.12. The van der Waals surface area contributed by atoms with Crippen molar-refractivity contribution in [1.82, 2.24) is 4.98 Å². The number of pyridine rings is 1. The van der Waals surface area contributed by atoms with E-state index in [1.54, 1.807) is 20.8 Å². The lowest BCUT2D eigenvalue weighted by Gasteiger charge is -2.33. The van der Waals surface area contributed by atoms with E-state index >= 15 is 0 Å². The van der Waals surface area contributed by atoms with Gasteiger partial charge in [-0.2, -0.15) is 0 Å². The SMILES string of the molecule is COc1nccc(F)c1N(C(=O)O)C(C)(C)C. The Kier molecular flexibility index (Phi) is 3.55. The summed E-state index contributed by atoms with van der Waals surface area (Å²) in [5.41, 5.74) is -0.974. The molecule has 1 heterocycles. The van der Waals surface area contributed by atoms with Crippen LogP contribution in [-0.4, -0.2) is 28.8 Å². The predicted molar refractivity (Wildman–Crippen MR) is 61.0 cm³/mol. The number of ether oxygens (including phenoxy) is 1. The van der Waals surface area contributed by atoms with Crippen molar-refractivity contribution >= 4 is 11.8 Å². The molecule has 0 aliphatic rings. The van der Waals surface area contributed by atoms with Crippen molar-refractivity contribution in [1.29, 1.82) is 0 Å². The molecule has 0 unspecified atom stereocenters. The Labute approximate surface area is 98.8 Å². The molecule has 0 radical (unpaired) electrons. The van der Waals surface area contributed by atoms with Crippen molar-refractivity contribution in [2.75, 3.05) is 12.0 Å². The number of hydrogen-bond donors (Lipinski definition) is 1. The summed E-state index contributed by atoms with van der Waals surface area (Å²) in [4.78, 5) is 15.9. The van der Waals surface area contributed by atoms with E-state index in [1.807, 2.05) is 0 Å². The maximum atomic E-state index is 13.8. The first kappa shape index (κ1) is 13.2. The number of halogens is 1. The first-order chi connectivity index (χ1) is 7.79. The summed E-state index contributed by atoms with van der Waals surface area (Å²) in [5, 5.41) is 9.18. The fourth-order valence-electron chi connectivity index (χ4n) is 1.48. The quantitative estimate of drug-likeness (QED) is 0.865. The van der Waals surface area contributed by atoms with Gasteiger partial charge in [-0.25, -0.2) is 14.2 Å². The van der Waals surface area contributed by atoms with Gasteiger partial charge in [0.05, 0.1) is 7.11 Å². The number of nitrogens with zero attached hydrogens (tertiary/aromatic N) is 2. The van der Waals surface area contributed by atoms with Crippen LogP contribution < -0.4 is 9.64 Å². The van der Waals surface area contributed by atoms with Gasteiger partial charge < -0.3 is 9.84 Å². The van der Waals surface area contributed by atoms with Crippen molar-refractivity contribution in [2.24, 2.45) is 0 Å². The minimum Gasteiger partial charge on any atom is -0.479 e. The van der Waals surface area contributed by atoms with Gasteiger partial charge in [0.1, 0.15) is 5.69 Å². The zero-order valence-corrected chi connectivity index (χ0v) is 10.2. The molecule has 1 aromatic heterocycles. The van der Waals surface area contributed by atoms with Gasteiger partial charge in [0.2, 0.25) is 5.88 Å². The van der Waals surface area contributed by atoms with Crippen LogP contribution in [0.5, 0.6) is 5.88 Å². The van der Waals surface area contributed by atoms with Gasteiger partial charge in [0.25, 0.3) is 0 Å². The highest BCUT2D eigenvalue weighted by molar-refractivity contribution is 5.89. The van der Waals surface area contributed by atoms with Crippen LogP contribution >= 0.6 is 0 Å². The normalized spacial score (nSPS) is 11.1. The van der Waals surface area contributed by atoms with Crippen LogP contribution in [-0.2, 0) is 0 Å². The molecule has 0 fully saturated rings. The molecule has 5 nitrogen and oxygen atoms in total. The average molecular weight is 242 g/mol. The molecule has 0 saturated carbocycles. The van der Waals surface area contributed by atoms with E-state index in [0.29, 0.717) is 0 Å². The van der Waals surface area contributed by atoms with Crippen molar-refractivity contribution in [3.63, 3.8) is 0 Å². The summed E-state index contributed by atoms with van der Waals surface area (Å²) in [6.45, 7) is 4.98. The standard InChI is InChI=1S/C11H15FN2O3/c1-11(2,3)14(10(15)16)8-7(12)5-6-13-9(8)17-4/h5-6H,1-4H3,(H,15,16). The molecule has 17 heavy (non-hydrogen) atoms. The molecule has 0 aliphatic carbocycles. The maximum absolute atomic E-state index is 13.8. The molecular formula is C11H15FN2O3. The van der Waals surface area contributed by atoms with E-state index in [4.69, 9.17) is 4.74 Å². The number of amides is 1. The van der Waals surface area contributed by atoms with Crippen LogP contribution in [0.3, 0.4) is 0 Å². The van der Waals surface area contributed by atoms with E-state index in [0.717, 1.165) is 11.0 Å². The second-order valence-electron chi connectivity index (χ2n) is 4.44. The van der Waals surface area contributed by atoms with E-state index in [9.17, 15) is 14.3 Å². The highest BCUT2D eigenvalue weighted by atomic mass is 19.1. The van der Waals surface area contributed by atoms with Gasteiger partial charge in [-0.3, -0.25) is 4.90 Å². The molecule has 1 rings (SSSR count). The molecule has 0 spiro atoms. The van der Waals surface area contributed by atoms with E-state index in [-0.39, 0.29) is 11.6 Å². The lowest BCUT2D eigenvalue weighted by Crippen LogP contribution is -2.46. The molecule has 0 atom stereocenters. The van der Waals surface area contributed by atoms with Crippen molar-refractivity contribution in [2.45, 2.75) is 26.3 Å². The van der Waals surface area contributed by atoms with Gasteiger partial charge in [0, 0.05) is 11.7 Å². The van der Waals surface area contributed by atoms with Crippen molar-refractivity contribution < 1.29 is 19.0 Å². The topological polar surface area (TPSA) is 62.7 Å². The molecule has 0 saturated heterocycles. The highest BCUT2D eigenvalue weighted by Crippen LogP contribution is 2.33. The summed E-state index contributed by atoms with van der Waals surface area (Å²) in [5.74, 6) is -0.739. The first-order valence-electron chi connectivity index (χ1n) is 5.00. The molecule has 0 bridgehead atoms. The fraction of sp³-hybridized carbons (Fsp3) is 0.455. The van der Waals surface area contributed by atoms with E-state index in [1.165, 1.54) is 13.3 Å². The second-order valence-corrected chi connectivity index (χ2v) is 4.44. The van der Waals surface area contributed by atoms with Gasteiger partial charge in [-0.05, 0) is 26.8 Å². The number of methoxy groups -OCH3 is 1. The second kappa shape index (κ2) is 4.57. The number of carboxylic acid groups (broad SMARTS) is 1. The Hall–Kier alpha value is -1.85. The Morgan fingerprint density at radius 1 is 1.53 bits per heavy atom. The van der Waals surface area contributed by atoms with Gasteiger partial charge >= 0.3 is 6.09 Å². The van der Waals surface area contributed by atoms with Crippen molar-refractivity contribution in [3.05, 3.63) is 18.1 Å². The summed E-state index contributed by atoms with van der Waals surface area (Å²) in [6.07, 6.45) is -0.0388. The molecule has 0 aliphatic heterocycles. The van der Waals surface area contributed by atoms with E-state index < -0.39 is 17.4 Å². The van der Waals surface area contributed by atoms with Gasteiger partial charge in [-0.1, -0.05) is 0 Å². The molecule has 1 aromatic rings. The summed E-state index contributed by atoms with van der Waals surface area (Å²) in [7, 11) is 1.31. The summed E-state index contributed by atoms with van der Waals surface area (Å²) >= 11 is 0. The Morgan fingerprint density at radius 2 is 2.12 bits per heavy atom. The zero-order valence-electron chi connectivity index (χ0n) is 10.2. The van der Waals surface area contributed by atoms with Gasteiger partial charge in [0.15, 0.2) is 5.82 Å². The Bertz CT molecular complexity index is 429. The number of carbonyl (C=O) groups is 1. The molecule has 94 valence electrons.